The number of benzene rings is 1. The van der Waals surface area contributed by atoms with E-state index in [1.54, 1.807) is 11.0 Å². The first-order chi connectivity index (χ1) is 16.0. The first-order valence-electron chi connectivity index (χ1n) is 10.5. The highest BCUT2D eigenvalue weighted by Gasteiger charge is 2.33. The molecule has 0 unspecified atom stereocenters. The van der Waals surface area contributed by atoms with Crippen LogP contribution in [0.5, 0.6) is 0 Å². The van der Waals surface area contributed by atoms with Crippen LogP contribution in [0, 0.1) is 6.92 Å². The highest BCUT2D eigenvalue weighted by atomic mass is 19.4. The maximum Gasteiger partial charge on any atom is 0.419 e. The van der Waals surface area contributed by atoms with Gasteiger partial charge in [0.1, 0.15) is 6.17 Å². The fraction of sp³-hybridized carbons (Fsp3) is 0.364. The monoisotopic (exact) mass is 477 g/mol. The van der Waals surface area contributed by atoms with Crippen LogP contribution < -0.4 is 15.5 Å². The summed E-state index contributed by atoms with van der Waals surface area (Å²) in [6.45, 7) is 5.76. The van der Waals surface area contributed by atoms with Crippen LogP contribution in [0.3, 0.4) is 0 Å². The number of aromatic nitrogens is 4. The van der Waals surface area contributed by atoms with Crippen LogP contribution in [0.25, 0.3) is 11.0 Å². The Morgan fingerprint density at radius 2 is 1.94 bits per heavy atom. The van der Waals surface area contributed by atoms with Crippen LogP contribution in [0.4, 0.5) is 35.1 Å². The zero-order valence-electron chi connectivity index (χ0n) is 18.5. The summed E-state index contributed by atoms with van der Waals surface area (Å²) in [5, 5.41) is 5.66. The number of hydrogen-bond acceptors (Lipinski definition) is 6. The highest BCUT2D eigenvalue weighted by molar-refractivity contribution is 6.00. The molecule has 1 aliphatic heterocycles. The molecule has 0 spiro atoms. The summed E-state index contributed by atoms with van der Waals surface area (Å²) < 4.78 is 54.7. The minimum Gasteiger partial charge on any atom is -0.350 e. The van der Waals surface area contributed by atoms with Crippen LogP contribution in [0.2, 0.25) is 0 Å². The van der Waals surface area contributed by atoms with E-state index in [0.717, 1.165) is 11.1 Å². The molecule has 2 N–H and O–H groups in total. The largest absolute Gasteiger partial charge is 0.419 e. The predicted molar refractivity (Wildman–Crippen MR) is 120 cm³/mol. The van der Waals surface area contributed by atoms with Gasteiger partial charge in [0.05, 0.1) is 23.1 Å². The van der Waals surface area contributed by atoms with Crippen molar-refractivity contribution in [3.05, 3.63) is 48.3 Å². The van der Waals surface area contributed by atoms with Crippen LogP contribution >= 0.6 is 0 Å². The smallest absolute Gasteiger partial charge is 0.350 e. The number of rotatable bonds is 5. The van der Waals surface area contributed by atoms with E-state index in [1.165, 1.54) is 6.08 Å². The minimum atomic E-state index is -4.53. The van der Waals surface area contributed by atoms with Crippen molar-refractivity contribution in [2.75, 3.05) is 28.6 Å². The first kappa shape index (κ1) is 23.5. The Labute approximate surface area is 192 Å². The van der Waals surface area contributed by atoms with Crippen LogP contribution in [0.1, 0.15) is 17.5 Å². The Morgan fingerprint density at radius 1 is 1.24 bits per heavy atom. The SMILES string of the molecule is C=CC(=O)Nc1cc2nc(N3C[C@H](F)C[C@@H](Nc4ncc(C(F)(F)F)cn4)C3)n(C)c2cc1C. The molecule has 0 bridgehead atoms. The second-order valence-electron chi connectivity index (χ2n) is 8.19. The summed E-state index contributed by atoms with van der Waals surface area (Å²) in [6, 6.07) is 3.19. The molecule has 0 aliphatic carbocycles. The highest BCUT2D eigenvalue weighted by Crippen LogP contribution is 2.30. The Hall–Kier alpha value is -3.70. The lowest BCUT2D eigenvalue weighted by molar-refractivity contribution is -0.138. The molecule has 1 amide bonds. The molecule has 34 heavy (non-hydrogen) atoms. The van der Waals surface area contributed by atoms with Gasteiger partial charge in [-0.2, -0.15) is 13.2 Å². The predicted octanol–water partition coefficient (Wildman–Crippen LogP) is 3.84. The number of halogens is 4. The fourth-order valence-corrected chi connectivity index (χ4v) is 3.97. The van der Waals surface area contributed by atoms with Crippen molar-refractivity contribution in [2.24, 2.45) is 7.05 Å². The molecular weight excluding hydrogens is 454 g/mol. The standard InChI is InChI=1S/C22H23F4N7O/c1-4-19(34)30-16-7-17-18(5-12(16)2)32(3)21(31-17)33-10-14(23)6-15(11-33)29-20-27-8-13(9-28-20)22(24,25)26/h4-5,7-9,14-15H,1,6,10-11H2,2-3H3,(H,30,34)(H,27,28,29)/t14-,15-/m1/s1. The molecule has 1 aliphatic rings. The lowest BCUT2D eigenvalue weighted by Gasteiger charge is -2.35. The molecule has 1 fully saturated rings. The number of piperidine rings is 1. The number of amides is 1. The fourth-order valence-electron chi connectivity index (χ4n) is 3.97. The third-order valence-electron chi connectivity index (χ3n) is 5.64. The Kier molecular flexibility index (Phi) is 6.15. The Morgan fingerprint density at radius 3 is 2.59 bits per heavy atom. The molecule has 1 saturated heterocycles. The van der Waals surface area contributed by atoms with Crippen molar-refractivity contribution in [3.8, 4) is 0 Å². The summed E-state index contributed by atoms with van der Waals surface area (Å²) in [4.78, 5) is 25.6. The van der Waals surface area contributed by atoms with E-state index < -0.39 is 24.0 Å². The van der Waals surface area contributed by atoms with E-state index in [9.17, 15) is 22.4 Å². The van der Waals surface area contributed by atoms with E-state index in [2.05, 4.69) is 32.2 Å². The number of alkyl halides is 4. The number of carbonyl (C=O) groups is 1. The van der Waals surface area contributed by atoms with E-state index in [-0.39, 0.29) is 24.8 Å². The van der Waals surface area contributed by atoms with Gasteiger partial charge in [0, 0.05) is 44.1 Å². The Bertz CT molecular complexity index is 1220. The van der Waals surface area contributed by atoms with Crippen molar-refractivity contribution >= 4 is 34.5 Å². The molecule has 4 rings (SSSR count). The summed E-state index contributed by atoms with van der Waals surface area (Å²) in [5.41, 5.74) is 1.91. The third-order valence-corrected chi connectivity index (χ3v) is 5.64. The second kappa shape index (κ2) is 8.92. The number of nitrogens with one attached hydrogen (secondary N) is 2. The minimum absolute atomic E-state index is 0.00437. The molecular formula is C22H23F4N7O. The molecule has 2 atom stereocenters. The van der Waals surface area contributed by atoms with Crippen molar-refractivity contribution in [1.29, 1.82) is 0 Å². The molecule has 2 aromatic heterocycles. The molecule has 3 aromatic rings. The van der Waals surface area contributed by atoms with Crippen molar-refractivity contribution in [2.45, 2.75) is 31.7 Å². The van der Waals surface area contributed by atoms with Crippen LogP contribution in [-0.2, 0) is 18.0 Å². The summed E-state index contributed by atoms with van der Waals surface area (Å²) >= 11 is 0. The van der Waals surface area contributed by atoms with E-state index in [1.807, 2.05) is 24.6 Å². The van der Waals surface area contributed by atoms with E-state index in [4.69, 9.17) is 0 Å². The van der Waals surface area contributed by atoms with Gasteiger partial charge < -0.3 is 20.1 Å². The van der Waals surface area contributed by atoms with Gasteiger partial charge in [0.2, 0.25) is 17.8 Å². The van der Waals surface area contributed by atoms with Gasteiger partial charge in [0.25, 0.3) is 0 Å². The zero-order chi connectivity index (χ0) is 24.6. The van der Waals surface area contributed by atoms with Gasteiger partial charge in [0.15, 0.2) is 0 Å². The van der Waals surface area contributed by atoms with Crippen LogP contribution in [0.15, 0.2) is 37.2 Å². The van der Waals surface area contributed by atoms with Crippen LogP contribution in [-0.4, -0.2) is 50.7 Å². The summed E-state index contributed by atoms with van der Waals surface area (Å²) in [5.74, 6) is 0.189. The van der Waals surface area contributed by atoms with E-state index in [0.29, 0.717) is 36.1 Å². The number of aryl methyl sites for hydroxylation is 2. The number of carbonyl (C=O) groups excluding carboxylic acids is 1. The van der Waals surface area contributed by atoms with Gasteiger partial charge in [-0.05, 0) is 30.7 Å². The molecule has 12 heteroatoms. The summed E-state index contributed by atoms with van der Waals surface area (Å²) in [6.07, 6.45) is -3.00. The maximum atomic E-state index is 14.6. The maximum absolute atomic E-state index is 14.6. The van der Waals surface area contributed by atoms with E-state index >= 15 is 0 Å². The first-order valence-corrected chi connectivity index (χ1v) is 10.5. The number of nitrogens with zero attached hydrogens (tertiary/aromatic N) is 5. The molecule has 0 radical (unpaired) electrons. The average molecular weight is 477 g/mol. The number of imidazole rings is 1. The molecule has 3 heterocycles. The van der Waals surface area contributed by atoms with Gasteiger partial charge in [-0.3, -0.25) is 4.79 Å². The zero-order valence-corrected chi connectivity index (χ0v) is 18.5. The normalized spacial score (nSPS) is 18.7. The Balaban J connectivity index is 1.56. The molecule has 0 saturated carbocycles. The number of anilines is 3. The topological polar surface area (TPSA) is 88.0 Å². The number of hydrogen-bond donors (Lipinski definition) is 2. The molecule has 8 nitrogen and oxygen atoms in total. The van der Waals surface area contributed by atoms with Crippen molar-refractivity contribution in [3.63, 3.8) is 0 Å². The van der Waals surface area contributed by atoms with Gasteiger partial charge in [-0.25, -0.2) is 19.3 Å². The van der Waals surface area contributed by atoms with Crippen molar-refractivity contribution < 1.29 is 22.4 Å². The molecule has 180 valence electrons. The lowest BCUT2D eigenvalue weighted by Crippen LogP contribution is -2.48. The number of fused-ring (bicyclic) bond motifs is 1. The van der Waals surface area contributed by atoms with Gasteiger partial charge in [-0.15, -0.1) is 0 Å². The second-order valence-corrected chi connectivity index (χ2v) is 8.19. The third kappa shape index (κ3) is 4.80. The summed E-state index contributed by atoms with van der Waals surface area (Å²) in [7, 11) is 1.81. The van der Waals surface area contributed by atoms with Gasteiger partial charge in [-0.1, -0.05) is 6.58 Å². The average Bonchev–Trinajstić information content (AvgIpc) is 3.08. The van der Waals surface area contributed by atoms with Crippen molar-refractivity contribution in [1.82, 2.24) is 19.5 Å². The molecule has 1 aromatic carbocycles. The lowest BCUT2D eigenvalue weighted by atomic mass is 10.0. The van der Waals surface area contributed by atoms with Gasteiger partial charge >= 0.3 is 6.18 Å². The quantitative estimate of drug-likeness (QED) is 0.429.